The van der Waals surface area contributed by atoms with Crippen LogP contribution < -0.4 is 16.0 Å². The van der Waals surface area contributed by atoms with Crippen molar-refractivity contribution < 1.29 is 14.5 Å². The Kier molecular flexibility index (Phi) is 6.67. The molecule has 0 atom stereocenters. The number of benzene rings is 2. The van der Waals surface area contributed by atoms with E-state index in [0.717, 1.165) is 0 Å². The molecule has 1 aromatic heterocycles. The molecule has 0 aliphatic heterocycles. The van der Waals surface area contributed by atoms with E-state index in [2.05, 4.69) is 20.9 Å². The number of carbonyl (C=O) groups is 2. The summed E-state index contributed by atoms with van der Waals surface area (Å²) in [5.41, 5.74) is 1.63. The monoisotopic (exact) mass is 405 g/mol. The lowest BCUT2D eigenvalue weighted by atomic mass is 10.1. The Morgan fingerprint density at radius 1 is 0.933 bits per heavy atom. The van der Waals surface area contributed by atoms with Gasteiger partial charge in [0.15, 0.2) is 0 Å². The van der Waals surface area contributed by atoms with Crippen LogP contribution in [0.5, 0.6) is 0 Å². The smallest absolute Gasteiger partial charge is 0.292 e. The molecule has 9 nitrogen and oxygen atoms in total. The second kappa shape index (κ2) is 9.78. The van der Waals surface area contributed by atoms with Gasteiger partial charge in [0.25, 0.3) is 17.5 Å². The number of anilines is 2. The van der Waals surface area contributed by atoms with E-state index in [1.54, 1.807) is 60.8 Å². The molecule has 0 radical (unpaired) electrons. The second-order valence-electron chi connectivity index (χ2n) is 6.23. The topological polar surface area (TPSA) is 126 Å². The molecule has 0 spiro atoms. The molecule has 0 fully saturated rings. The van der Waals surface area contributed by atoms with Crippen molar-refractivity contribution in [2.45, 2.75) is 0 Å². The van der Waals surface area contributed by atoms with E-state index in [4.69, 9.17) is 0 Å². The van der Waals surface area contributed by atoms with Crippen LogP contribution in [-0.4, -0.2) is 34.8 Å². The fraction of sp³-hybridized carbons (Fsp3) is 0.0952. The van der Waals surface area contributed by atoms with E-state index in [9.17, 15) is 19.7 Å². The standard InChI is InChI=1S/C21H19N5O4/c27-20(24-12-11-23-18-8-1-2-9-19(18)26(29)30)15-5-3-7-17(13-15)25-21(28)16-6-4-10-22-14-16/h1-10,13-14,23H,11-12H2,(H,24,27)(H,25,28). The van der Waals surface area contributed by atoms with Crippen LogP contribution in [0, 0.1) is 10.1 Å². The fourth-order valence-electron chi connectivity index (χ4n) is 2.70. The van der Waals surface area contributed by atoms with Crippen LogP contribution in [0.2, 0.25) is 0 Å². The fourth-order valence-corrected chi connectivity index (χ4v) is 2.70. The van der Waals surface area contributed by atoms with Gasteiger partial charge >= 0.3 is 0 Å². The van der Waals surface area contributed by atoms with Crippen molar-refractivity contribution in [2.24, 2.45) is 0 Å². The Morgan fingerprint density at radius 3 is 2.50 bits per heavy atom. The molecule has 0 saturated carbocycles. The van der Waals surface area contributed by atoms with Crippen LogP contribution in [0.25, 0.3) is 0 Å². The van der Waals surface area contributed by atoms with Crippen molar-refractivity contribution >= 4 is 28.9 Å². The maximum absolute atomic E-state index is 12.4. The number of hydrogen-bond acceptors (Lipinski definition) is 6. The third-order valence-corrected chi connectivity index (χ3v) is 4.13. The quantitative estimate of drug-likeness (QED) is 0.300. The molecule has 30 heavy (non-hydrogen) atoms. The molecule has 1 heterocycles. The average Bonchev–Trinajstić information content (AvgIpc) is 2.77. The number of pyridine rings is 1. The van der Waals surface area contributed by atoms with Crippen molar-refractivity contribution in [3.63, 3.8) is 0 Å². The normalized spacial score (nSPS) is 10.1. The lowest BCUT2D eigenvalue weighted by molar-refractivity contribution is -0.384. The number of nitro groups is 1. The van der Waals surface area contributed by atoms with Gasteiger partial charge in [-0.05, 0) is 36.4 Å². The zero-order valence-corrected chi connectivity index (χ0v) is 15.9. The summed E-state index contributed by atoms with van der Waals surface area (Å²) in [6.07, 6.45) is 3.03. The predicted octanol–water partition coefficient (Wildman–Crippen LogP) is 3.08. The Labute approximate surface area is 172 Å². The molecule has 0 saturated heterocycles. The third-order valence-electron chi connectivity index (χ3n) is 4.13. The van der Waals surface area contributed by atoms with E-state index in [0.29, 0.717) is 29.0 Å². The Morgan fingerprint density at radius 2 is 1.73 bits per heavy atom. The molecule has 2 aromatic carbocycles. The molecule has 0 aliphatic rings. The van der Waals surface area contributed by atoms with Gasteiger partial charge in [0.05, 0.1) is 10.5 Å². The van der Waals surface area contributed by atoms with E-state index in [1.165, 1.54) is 12.3 Å². The summed E-state index contributed by atoms with van der Waals surface area (Å²) in [7, 11) is 0. The maximum atomic E-state index is 12.4. The SMILES string of the molecule is O=C(NCCNc1ccccc1[N+](=O)[O-])c1cccc(NC(=O)c2cccnc2)c1. The van der Waals surface area contributed by atoms with Gasteiger partial charge in [0.2, 0.25) is 0 Å². The highest BCUT2D eigenvalue weighted by Crippen LogP contribution is 2.22. The van der Waals surface area contributed by atoms with Crippen LogP contribution >= 0.6 is 0 Å². The Bertz CT molecular complexity index is 1060. The summed E-state index contributed by atoms with van der Waals surface area (Å²) in [4.78, 5) is 39.0. The minimum Gasteiger partial charge on any atom is -0.378 e. The molecule has 3 aromatic rings. The number of hydrogen-bond donors (Lipinski definition) is 3. The van der Waals surface area contributed by atoms with E-state index >= 15 is 0 Å². The molecule has 3 rings (SSSR count). The van der Waals surface area contributed by atoms with Crippen molar-refractivity contribution in [3.05, 3.63) is 94.3 Å². The highest BCUT2D eigenvalue weighted by atomic mass is 16.6. The van der Waals surface area contributed by atoms with Gasteiger partial charge in [0, 0.05) is 42.8 Å². The van der Waals surface area contributed by atoms with Gasteiger partial charge in [-0.1, -0.05) is 18.2 Å². The summed E-state index contributed by atoms with van der Waals surface area (Å²) >= 11 is 0. The summed E-state index contributed by atoms with van der Waals surface area (Å²) in [6.45, 7) is 0.575. The van der Waals surface area contributed by atoms with Crippen molar-refractivity contribution in [2.75, 3.05) is 23.7 Å². The number of para-hydroxylation sites is 2. The van der Waals surface area contributed by atoms with Gasteiger partial charge in [-0.25, -0.2) is 0 Å². The first kappa shape index (κ1) is 20.5. The first-order chi connectivity index (χ1) is 14.5. The third kappa shape index (κ3) is 5.38. The number of nitrogens with one attached hydrogen (secondary N) is 3. The zero-order chi connectivity index (χ0) is 21.3. The van der Waals surface area contributed by atoms with Crippen LogP contribution in [0.4, 0.5) is 17.1 Å². The highest BCUT2D eigenvalue weighted by Gasteiger charge is 2.12. The molecular formula is C21H19N5O4. The van der Waals surface area contributed by atoms with E-state index in [-0.39, 0.29) is 24.0 Å². The average molecular weight is 405 g/mol. The first-order valence-corrected chi connectivity index (χ1v) is 9.11. The van der Waals surface area contributed by atoms with Crippen molar-refractivity contribution in [3.8, 4) is 0 Å². The maximum Gasteiger partial charge on any atom is 0.292 e. The summed E-state index contributed by atoms with van der Waals surface area (Å²) in [6, 6.07) is 16.1. The minimum atomic E-state index is -0.466. The second-order valence-corrected chi connectivity index (χ2v) is 6.23. The Balaban J connectivity index is 1.53. The van der Waals surface area contributed by atoms with Crippen LogP contribution in [0.1, 0.15) is 20.7 Å². The van der Waals surface area contributed by atoms with E-state index in [1.807, 2.05) is 0 Å². The van der Waals surface area contributed by atoms with Crippen LogP contribution in [0.15, 0.2) is 73.1 Å². The molecule has 0 bridgehead atoms. The molecule has 2 amide bonds. The number of nitro benzene ring substituents is 1. The van der Waals surface area contributed by atoms with Gasteiger partial charge in [-0.2, -0.15) is 0 Å². The molecule has 0 unspecified atom stereocenters. The van der Waals surface area contributed by atoms with Crippen molar-refractivity contribution in [1.29, 1.82) is 0 Å². The minimum absolute atomic E-state index is 0.0270. The van der Waals surface area contributed by atoms with E-state index < -0.39 is 4.92 Å². The first-order valence-electron chi connectivity index (χ1n) is 9.11. The highest BCUT2D eigenvalue weighted by molar-refractivity contribution is 6.04. The summed E-state index contributed by atoms with van der Waals surface area (Å²) in [5.74, 6) is -0.647. The van der Waals surface area contributed by atoms with Gasteiger partial charge in [-0.3, -0.25) is 24.7 Å². The van der Waals surface area contributed by atoms with Gasteiger partial charge in [-0.15, -0.1) is 0 Å². The zero-order valence-electron chi connectivity index (χ0n) is 15.9. The molecule has 9 heteroatoms. The van der Waals surface area contributed by atoms with Crippen molar-refractivity contribution in [1.82, 2.24) is 10.3 Å². The number of nitrogens with zero attached hydrogens (tertiary/aromatic N) is 2. The van der Waals surface area contributed by atoms with Gasteiger partial charge < -0.3 is 16.0 Å². The molecular weight excluding hydrogens is 386 g/mol. The molecule has 3 N–H and O–H groups in total. The largest absolute Gasteiger partial charge is 0.378 e. The predicted molar refractivity (Wildman–Crippen MR) is 113 cm³/mol. The number of rotatable bonds is 8. The molecule has 0 aliphatic carbocycles. The number of aromatic nitrogens is 1. The lowest BCUT2D eigenvalue weighted by Crippen LogP contribution is -2.29. The molecule has 152 valence electrons. The number of amides is 2. The van der Waals surface area contributed by atoms with Gasteiger partial charge in [0.1, 0.15) is 5.69 Å². The summed E-state index contributed by atoms with van der Waals surface area (Å²) in [5, 5.41) is 19.4. The number of carbonyl (C=O) groups excluding carboxylic acids is 2. The lowest BCUT2D eigenvalue weighted by Gasteiger charge is -2.10. The van der Waals surface area contributed by atoms with Crippen LogP contribution in [-0.2, 0) is 0 Å². The Hall–Kier alpha value is -4.27. The van der Waals surface area contributed by atoms with Crippen LogP contribution in [0.3, 0.4) is 0 Å². The summed E-state index contributed by atoms with van der Waals surface area (Å²) < 4.78 is 0.